The Hall–Kier alpha value is -3.87. The minimum Gasteiger partial charge on any atom is -0.497 e. The van der Waals surface area contributed by atoms with Gasteiger partial charge in [-0.05, 0) is 54.4 Å². The van der Waals surface area contributed by atoms with E-state index in [2.05, 4.69) is 0 Å². The van der Waals surface area contributed by atoms with E-state index in [1.54, 1.807) is 37.3 Å². The number of anilines is 1. The van der Waals surface area contributed by atoms with Gasteiger partial charge in [-0.15, -0.1) is 0 Å². The van der Waals surface area contributed by atoms with Gasteiger partial charge in [0, 0.05) is 0 Å². The lowest BCUT2D eigenvalue weighted by Gasteiger charge is -2.27. The number of carbonyl (C=O) groups excluding carboxylic acids is 1. The van der Waals surface area contributed by atoms with Crippen LogP contribution in [0.1, 0.15) is 27.0 Å². The summed E-state index contributed by atoms with van der Waals surface area (Å²) in [6, 6.07) is 19.5. The molecule has 3 rings (SSSR count). The zero-order valence-electron chi connectivity index (χ0n) is 17.4. The summed E-state index contributed by atoms with van der Waals surface area (Å²) in [7, 11) is -2.75. The molecule has 32 heavy (non-hydrogen) atoms. The molecule has 0 unspecified atom stereocenters. The van der Waals surface area contributed by atoms with Gasteiger partial charge in [-0.25, -0.2) is 13.9 Å². The number of hydrogen-bond acceptors (Lipinski definition) is 6. The molecular formula is C23H21N3O5S. The maximum Gasteiger partial charge on any atom is 0.276 e. The third kappa shape index (κ3) is 4.56. The topological polar surface area (TPSA) is 120 Å². The van der Waals surface area contributed by atoms with Crippen LogP contribution < -0.4 is 14.5 Å². The summed E-state index contributed by atoms with van der Waals surface area (Å²) in [5.74, 6) is -0.449. The number of aryl methyl sites for hydroxylation is 1. The smallest absolute Gasteiger partial charge is 0.276 e. The molecule has 0 aliphatic rings. The van der Waals surface area contributed by atoms with E-state index in [1.807, 2.05) is 6.07 Å². The molecule has 0 atom stereocenters. The number of nitrogens with zero attached hydrogens (tertiary/aromatic N) is 2. The SMILES string of the molecule is COc1ccc(S(=O)(=O)N(Cc2ccccc2)c2c(C#N)cc(C)cc2C(=O)NO)cc1. The number of nitrogens with one attached hydrogen (secondary N) is 1. The van der Waals surface area contributed by atoms with Crippen molar-refractivity contribution in [2.24, 2.45) is 0 Å². The Labute approximate surface area is 186 Å². The van der Waals surface area contributed by atoms with E-state index in [4.69, 9.17) is 4.74 Å². The highest BCUT2D eigenvalue weighted by atomic mass is 32.2. The molecule has 0 bridgehead atoms. The zero-order valence-corrected chi connectivity index (χ0v) is 18.3. The molecule has 0 saturated heterocycles. The van der Waals surface area contributed by atoms with E-state index in [1.165, 1.54) is 49.0 Å². The Bertz CT molecular complexity index is 1270. The molecule has 0 spiro atoms. The molecule has 3 aromatic rings. The van der Waals surface area contributed by atoms with Crippen molar-refractivity contribution in [3.05, 3.63) is 89.0 Å². The largest absolute Gasteiger partial charge is 0.497 e. The van der Waals surface area contributed by atoms with Crippen LogP contribution in [0, 0.1) is 18.3 Å². The fourth-order valence-corrected chi connectivity index (χ4v) is 4.77. The van der Waals surface area contributed by atoms with E-state index in [0.717, 1.165) is 4.31 Å². The number of carbonyl (C=O) groups is 1. The van der Waals surface area contributed by atoms with Crippen LogP contribution >= 0.6 is 0 Å². The minimum atomic E-state index is -4.22. The summed E-state index contributed by atoms with van der Waals surface area (Å²) in [5, 5.41) is 19.0. The van der Waals surface area contributed by atoms with Crippen molar-refractivity contribution in [1.82, 2.24) is 5.48 Å². The Kier molecular flexibility index (Phi) is 6.78. The van der Waals surface area contributed by atoms with Gasteiger partial charge in [-0.3, -0.25) is 14.3 Å². The van der Waals surface area contributed by atoms with Crippen LogP contribution in [0.3, 0.4) is 0 Å². The Morgan fingerprint density at radius 1 is 1.12 bits per heavy atom. The van der Waals surface area contributed by atoms with Gasteiger partial charge in [0.2, 0.25) is 0 Å². The van der Waals surface area contributed by atoms with Crippen LogP contribution in [0.25, 0.3) is 0 Å². The number of amides is 1. The highest BCUT2D eigenvalue weighted by Crippen LogP contribution is 2.33. The predicted molar refractivity (Wildman–Crippen MR) is 118 cm³/mol. The summed E-state index contributed by atoms with van der Waals surface area (Å²) in [6.07, 6.45) is 0. The second kappa shape index (κ2) is 9.51. The highest BCUT2D eigenvalue weighted by Gasteiger charge is 2.31. The molecule has 8 nitrogen and oxygen atoms in total. The van der Waals surface area contributed by atoms with Gasteiger partial charge in [0.25, 0.3) is 15.9 Å². The van der Waals surface area contributed by atoms with Gasteiger partial charge in [0.1, 0.15) is 11.8 Å². The van der Waals surface area contributed by atoms with E-state index in [-0.39, 0.29) is 28.3 Å². The lowest BCUT2D eigenvalue weighted by molar-refractivity contribution is 0.0707. The minimum absolute atomic E-state index is 0.0170. The van der Waals surface area contributed by atoms with Crippen molar-refractivity contribution in [3.8, 4) is 11.8 Å². The summed E-state index contributed by atoms with van der Waals surface area (Å²) in [6.45, 7) is 1.52. The number of nitriles is 1. The van der Waals surface area contributed by atoms with E-state index < -0.39 is 15.9 Å². The van der Waals surface area contributed by atoms with E-state index in [0.29, 0.717) is 16.9 Å². The molecule has 0 saturated carbocycles. The lowest BCUT2D eigenvalue weighted by Crippen LogP contribution is -2.34. The molecule has 0 heterocycles. The summed E-state index contributed by atoms with van der Waals surface area (Å²) < 4.78 is 33.6. The first-order chi connectivity index (χ1) is 15.3. The van der Waals surface area contributed by atoms with Gasteiger partial charge < -0.3 is 4.74 Å². The van der Waals surface area contributed by atoms with Crippen LogP contribution in [0.15, 0.2) is 71.6 Å². The monoisotopic (exact) mass is 451 g/mol. The molecule has 0 radical (unpaired) electrons. The number of hydroxylamine groups is 1. The number of hydrogen-bond donors (Lipinski definition) is 2. The molecule has 0 aliphatic carbocycles. The molecule has 0 aromatic heterocycles. The maximum atomic E-state index is 13.7. The van der Waals surface area contributed by atoms with Crippen molar-refractivity contribution in [3.63, 3.8) is 0 Å². The molecule has 164 valence electrons. The first-order valence-corrected chi connectivity index (χ1v) is 11.0. The molecule has 2 N–H and O–H groups in total. The Morgan fingerprint density at radius 2 is 1.78 bits per heavy atom. The quantitative estimate of drug-likeness (QED) is 0.420. The second-order valence-corrected chi connectivity index (χ2v) is 8.80. The third-order valence-electron chi connectivity index (χ3n) is 4.79. The normalized spacial score (nSPS) is 10.8. The summed E-state index contributed by atoms with van der Waals surface area (Å²) in [4.78, 5) is 12.4. The number of sulfonamides is 1. The van der Waals surface area contributed by atoms with Gasteiger partial charge in [0.05, 0.1) is 35.4 Å². The van der Waals surface area contributed by atoms with Crippen LogP contribution in [0.5, 0.6) is 5.75 Å². The summed E-state index contributed by atoms with van der Waals surface area (Å²) in [5.41, 5.74) is 2.46. The molecule has 3 aromatic carbocycles. The Balaban J connectivity index is 2.29. The first kappa shape index (κ1) is 22.8. The molecular weight excluding hydrogens is 430 g/mol. The summed E-state index contributed by atoms with van der Waals surface area (Å²) >= 11 is 0. The third-order valence-corrected chi connectivity index (χ3v) is 6.55. The standard InChI is InChI=1S/C23H21N3O5S/c1-16-12-18(14-24)22(21(13-16)23(27)25-28)26(15-17-6-4-3-5-7-17)32(29,30)20-10-8-19(31-2)9-11-20/h3-13,28H,15H2,1-2H3,(H,25,27). The maximum absolute atomic E-state index is 13.7. The van der Waals surface area contributed by atoms with Crippen molar-refractivity contribution < 1.29 is 23.2 Å². The molecule has 0 fully saturated rings. The van der Waals surface area contributed by atoms with Gasteiger partial charge >= 0.3 is 0 Å². The zero-order chi connectivity index (χ0) is 23.3. The second-order valence-electron chi connectivity index (χ2n) is 6.93. The molecule has 0 aliphatic heterocycles. The lowest BCUT2D eigenvalue weighted by atomic mass is 10.0. The van der Waals surface area contributed by atoms with Crippen molar-refractivity contribution >= 4 is 21.6 Å². The van der Waals surface area contributed by atoms with Gasteiger partial charge in [-0.1, -0.05) is 30.3 Å². The number of methoxy groups -OCH3 is 1. The molecule has 9 heteroatoms. The van der Waals surface area contributed by atoms with Crippen molar-refractivity contribution in [2.45, 2.75) is 18.4 Å². The van der Waals surface area contributed by atoms with Gasteiger partial charge in [-0.2, -0.15) is 5.26 Å². The van der Waals surface area contributed by atoms with Crippen molar-refractivity contribution in [2.75, 3.05) is 11.4 Å². The fourth-order valence-electron chi connectivity index (χ4n) is 3.27. The van der Waals surface area contributed by atoms with Crippen LogP contribution in [-0.2, 0) is 16.6 Å². The number of rotatable bonds is 7. The van der Waals surface area contributed by atoms with E-state index in [9.17, 15) is 23.7 Å². The van der Waals surface area contributed by atoms with Crippen LogP contribution in [-0.4, -0.2) is 26.6 Å². The number of benzene rings is 3. The highest BCUT2D eigenvalue weighted by molar-refractivity contribution is 7.92. The number of ether oxygens (including phenoxy) is 1. The molecule has 1 amide bonds. The van der Waals surface area contributed by atoms with Crippen molar-refractivity contribution in [1.29, 1.82) is 5.26 Å². The van der Waals surface area contributed by atoms with Gasteiger partial charge in [0.15, 0.2) is 0 Å². The fraction of sp³-hybridized carbons (Fsp3) is 0.130. The average molecular weight is 452 g/mol. The van der Waals surface area contributed by atoms with Crippen LogP contribution in [0.4, 0.5) is 5.69 Å². The Morgan fingerprint density at radius 3 is 2.34 bits per heavy atom. The van der Waals surface area contributed by atoms with Crippen LogP contribution in [0.2, 0.25) is 0 Å². The average Bonchev–Trinajstić information content (AvgIpc) is 2.82. The first-order valence-electron chi connectivity index (χ1n) is 9.51. The predicted octanol–water partition coefficient (Wildman–Crippen LogP) is 3.39. The van der Waals surface area contributed by atoms with E-state index >= 15 is 0 Å².